The minimum atomic E-state index is -0.130. The van der Waals surface area contributed by atoms with E-state index in [0.29, 0.717) is 17.9 Å². The van der Waals surface area contributed by atoms with E-state index in [1.54, 1.807) is 25.4 Å². The van der Waals surface area contributed by atoms with Crippen LogP contribution in [0.1, 0.15) is 22.3 Å². The van der Waals surface area contributed by atoms with Crippen molar-refractivity contribution in [3.05, 3.63) is 53.7 Å². The molecule has 1 fully saturated rings. The quantitative estimate of drug-likeness (QED) is 0.854. The topological polar surface area (TPSA) is 68.8 Å². The molecule has 3 heterocycles. The van der Waals surface area contributed by atoms with Gasteiger partial charge in [0.2, 0.25) is 5.91 Å². The molecule has 4 rings (SSSR count). The number of aryl methyl sites for hydroxylation is 1. The number of anilines is 2. The zero-order valence-corrected chi connectivity index (χ0v) is 16.8. The van der Waals surface area contributed by atoms with Crippen LogP contribution >= 0.6 is 0 Å². The summed E-state index contributed by atoms with van der Waals surface area (Å²) in [5, 5.41) is 2.67. The molecule has 29 heavy (non-hydrogen) atoms. The van der Waals surface area contributed by atoms with Crippen molar-refractivity contribution in [1.29, 1.82) is 0 Å². The summed E-state index contributed by atoms with van der Waals surface area (Å²) in [5.41, 5.74) is 2.91. The van der Waals surface area contributed by atoms with E-state index in [1.165, 1.54) is 5.56 Å². The average molecular weight is 393 g/mol. The summed E-state index contributed by atoms with van der Waals surface area (Å²) in [4.78, 5) is 35.8. The maximum Gasteiger partial charge on any atom is 0.254 e. The lowest BCUT2D eigenvalue weighted by molar-refractivity contribution is -0.119. The lowest BCUT2D eigenvalue weighted by Gasteiger charge is -2.37. The van der Waals surface area contributed by atoms with Crippen molar-refractivity contribution in [3.63, 3.8) is 0 Å². The van der Waals surface area contributed by atoms with E-state index < -0.39 is 0 Å². The number of nitrogens with one attached hydrogen (secondary N) is 1. The normalized spacial score (nSPS) is 17.0. The monoisotopic (exact) mass is 393 g/mol. The number of hydrogen-bond donors (Lipinski definition) is 1. The number of carbonyl (C=O) groups is 2. The van der Waals surface area contributed by atoms with Gasteiger partial charge in [0.1, 0.15) is 5.82 Å². The van der Waals surface area contributed by atoms with Crippen molar-refractivity contribution < 1.29 is 9.59 Å². The summed E-state index contributed by atoms with van der Waals surface area (Å²) >= 11 is 0. The van der Waals surface area contributed by atoms with Crippen molar-refractivity contribution in [2.45, 2.75) is 12.8 Å². The van der Waals surface area contributed by atoms with Crippen LogP contribution in [0.5, 0.6) is 0 Å². The number of piperazine rings is 1. The largest absolute Gasteiger partial charge is 0.355 e. The first-order chi connectivity index (χ1) is 14.2. The molecule has 2 amide bonds. The molecule has 1 N–H and O–H groups in total. The van der Waals surface area contributed by atoms with Crippen LogP contribution in [0.15, 0.2) is 42.6 Å². The molecule has 1 saturated heterocycles. The fraction of sp³-hybridized carbons (Fsp3) is 0.409. The highest BCUT2D eigenvalue weighted by Crippen LogP contribution is 2.27. The lowest BCUT2D eigenvalue weighted by Crippen LogP contribution is -2.51. The van der Waals surface area contributed by atoms with Crippen LogP contribution in [0.3, 0.4) is 0 Å². The zero-order chi connectivity index (χ0) is 20.2. The maximum absolute atomic E-state index is 13.0. The molecule has 1 aromatic heterocycles. The minimum absolute atomic E-state index is 0.130. The Morgan fingerprint density at radius 2 is 1.83 bits per heavy atom. The van der Waals surface area contributed by atoms with Crippen LogP contribution in [0.25, 0.3) is 0 Å². The molecule has 2 aliphatic heterocycles. The van der Waals surface area contributed by atoms with Crippen molar-refractivity contribution in [2.75, 3.05) is 56.1 Å². The number of amides is 2. The van der Waals surface area contributed by atoms with Gasteiger partial charge in [-0.25, -0.2) is 4.98 Å². The number of pyridine rings is 1. The third-order valence-electron chi connectivity index (χ3n) is 5.70. The highest BCUT2D eigenvalue weighted by atomic mass is 16.2. The molecule has 7 heteroatoms. The molecule has 2 aliphatic rings. The predicted molar refractivity (Wildman–Crippen MR) is 113 cm³/mol. The Balaban J connectivity index is 1.38. The van der Waals surface area contributed by atoms with Gasteiger partial charge in [0.15, 0.2) is 0 Å². The Morgan fingerprint density at radius 1 is 1.03 bits per heavy atom. The average Bonchev–Trinajstić information content (AvgIpc) is 2.78. The van der Waals surface area contributed by atoms with Gasteiger partial charge in [0, 0.05) is 51.7 Å². The highest BCUT2D eigenvalue weighted by molar-refractivity contribution is 5.98. The SMILES string of the molecule is CNC(=O)c1cccnc1N1CCN(CC(=O)N2CCCc3ccccc32)CC1. The van der Waals surface area contributed by atoms with Crippen LogP contribution in [0.4, 0.5) is 11.5 Å². The maximum atomic E-state index is 13.0. The third kappa shape index (κ3) is 4.10. The summed E-state index contributed by atoms with van der Waals surface area (Å²) in [6.07, 6.45) is 3.76. The first kappa shape index (κ1) is 19.4. The van der Waals surface area contributed by atoms with Gasteiger partial charge in [0.05, 0.1) is 12.1 Å². The summed E-state index contributed by atoms with van der Waals surface area (Å²) in [6, 6.07) is 11.8. The highest BCUT2D eigenvalue weighted by Gasteiger charge is 2.27. The molecule has 0 bridgehead atoms. The van der Waals surface area contributed by atoms with Crippen LogP contribution < -0.4 is 15.1 Å². The molecule has 1 aromatic carbocycles. The van der Waals surface area contributed by atoms with Gasteiger partial charge in [-0.1, -0.05) is 18.2 Å². The van der Waals surface area contributed by atoms with Crippen molar-refractivity contribution in [2.24, 2.45) is 0 Å². The second-order valence-electron chi connectivity index (χ2n) is 7.49. The Labute approximate surface area is 171 Å². The van der Waals surface area contributed by atoms with Crippen LogP contribution in [0, 0.1) is 0 Å². The fourth-order valence-electron chi connectivity index (χ4n) is 4.15. The summed E-state index contributed by atoms with van der Waals surface area (Å²) in [6.45, 7) is 4.23. The Hall–Kier alpha value is -2.93. The van der Waals surface area contributed by atoms with Crippen LogP contribution in [0.2, 0.25) is 0 Å². The number of benzene rings is 1. The zero-order valence-electron chi connectivity index (χ0n) is 16.8. The van der Waals surface area contributed by atoms with Crippen molar-refractivity contribution in [3.8, 4) is 0 Å². The van der Waals surface area contributed by atoms with Gasteiger partial charge in [-0.15, -0.1) is 0 Å². The van der Waals surface area contributed by atoms with E-state index in [4.69, 9.17) is 0 Å². The molecule has 2 aromatic rings. The van der Waals surface area contributed by atoms with Gasteiger partial charge >= 0.3 is 0 Å². The van der Waals surface area contributed by atoms with E-state index in [-0.39, 0.29) is 11.8 Å². The summed E-state index contributed by atoms with van der Waals surface area (Å²) < 4.78 is 0. The van der Waals surface area contributed by atoms with Crippen LogP contribution in [-0.2, 0) is 11.2 Å². The standard InChI is InChI=1S/C22H27N5O2/c1-23-22(29)18-8-4-10-24-21(18)26-14-12-25(13-15-26)16-20(28)27-11-5-7-17-6-2-3-9-19(17)27/h2-4,6,8-10H,5,7,11-16H2,1H3,(H,23,29). The number of aromatic nitrogens is 1. The van der Waals surface area contributed by atoms with Gasteiger partial charge in [-0.2, -0.15) is 0 Å². The number of fused-ring (bicyclic) bond motifs is 1. The lowest BCUT2D eigenvalue weighted by atomic mass is 10.0. The van der Waals surface area contributed by atoms with Crippen molar-refractivity contribution >= 4 is 23.3 Å². The third-order valence-corrected chi connectivity index (χ3v) is 5.70. The second-order valence-corrected chi connectivity index (χ2v) is 7.49. The van der Waals surface area contributed by atoms with E-state index in [9.17, 15) is 9.59 Å². The number of carbonyl (C=O) groups excluding carboxylic acids is 2. The first-order valence-electron chi connectivity index (χ1n) is 10.2. The summed E-state index contributed by atoms with van der Waals surface area (Å²) in [7, 11) is 1.63. The predicted octanol–water partition coefficient (Wildman–Crippen LogP) is 1.54. The van der Waals surface area contributed by atoms with E-state index in [2.05, 4.69) is 26.2 Å². The molecule has 0 spiro atoms. The second kappa shape index (κ2) is 8.61. The van der Waals surface area contributed by atoms with Gasteiger partial charge in [-0.3, -0.25) is 14.5 Å². The minimum Gasteiger partial charge on any atom is -0.355 e. The molecular formula is C22H27N5O2. The number of nitrogens with zero attached hydrogens (tertiary/aromatic N) is 4. The Kier molecular flexibility index (Phi) is 5.76. The molecule has 0 atom stereocenters. The molecule has 0 saturated carbocycles. The van der Waals surface area contributed by atoms with Crippen molar-refractivity contribution in [1.82, 2.24) is 15.2 Å². The molecule has 0 aliphatic carbocycles. The van der Waals surface area contributed by atoms with E-state index in [1.807, 2.05) is 23.1 Å². The molecule has 152 valence electrons. The summed E-state index contributed by atoms with van der Waals surface area (Å²) in [5.74, 6) is 0.742. The fourth-order valence-corrected chi connectivity index (χ4v) is 4.15. The Bertz CT molecular complexity index is 892. The van der Waals surface area contributed by atoms with E-state index in [0.717, 1.165) is 51.3 Å². The molecule has 7 nitrogen and oxygen atoms in total. The molecular weight excluding hydrogens is 366 g/mol. The van der Waals surface area contributed by atoms with Crippen LogP contribution in [-0.4, -0.2) is 68.0 Å². The number of para-hydroxylation sites is 1. The van der Waals surface area contributed by atoms with Gasteiger partial charge < -0.3 is 15.1 Å². The van der Waals surface area contributed by atoms with Gasteiger partial charge in [-0.05, 0) is 36.6 Å². The number of hydrogen-bond acceptors (Lipinski definition) is 5. The molecule has 0 radical (unpaired) electrons. The Morgan fingerprint density at radius 3 is 2.62 bits per heavy atom. The molecule has 0 unspecified atom stereocenters. The first-order valence-corrected chi connectivity index (χ1v) is 10.2. The number of rotatable bonds is 4. The smallest absolute Gasteiger partial charge is 0.254 e. The van der Waals surface area contributed by atoms with E-state index >= 15 is 0 Å². The van der Waals surface area contributed by atoms with Gasteiger partial charge in [0.25, 0.3) is 5.91 Å².